The van der Waals surface area contributed by atoms with Gasteiger partial charge in [-0.2, -0.15) is 0 Å². The van der Waals surface area contributed by atoms with Gasteiger partial charge in [-0.05, 0) is 104 Å². The Bertz CT molecular complexity index is 962. The van der Waals surface area contributed by atoms with Crippen LogP contribution in [0.5, 0.6) is 0 Å². The second-order valence-corrected chi connectivity index (χ2v) is 8.64. The maximum atomic E-state index is 13.6. The van der Waals surface area contributed by atoms with Gasteiger partial charge < -0.3 is 4.40 Å². The van der Waals surface area contributed by atoms with Crippen molar-refractivity contribution in [3.05, 3.63) is 71.1 Å². The number of aromatic nitrogens is 2. The summed E-state index contributed by atoms with van der Waals surface area (Å²) >= 11 is 0. The van der Waals surface area contributed by atoms with Crippen molar-refractivity contribution >= 4 is 5.52 Å². The minimum absolute atomic E-state index is 0.0889. The van der Waals surface area contributed by atoms with Crippen LogP contribution in [0.3, 0.4) is 0 Å². The van der Waals surface area contributed by atoms with E-state index in [0.29, 0.717) is 5.92 Å². The van der Waals surface area contributed by atoms with Crippen LogP contribution in [0, 0.1) is 18.7 Å². The molecule has 0 amide bonds. The molecule has 5 rings (SSSR count). The topological polar surface area (TPSA) is 17.3 Å². The Morgan fingerprint density at radius 1 is 1.04 bits per heavy atom. The summed E-state index contributed by atoms with van der Waals surface area (Å²) in [5.74, 6) is 2.03. The highest BCUT2D eigenvalue weighted by Gasteiger charge is 2.29. The van der Waals surface area contributed by atoms with Crippen LogP contribution in [-0.2, 0) is 6.42 Å². The number of aryl methyl sites for hydroxylation is 1. The van der Waals surface area contributed by atoms with Crippen molar-refractivity contribution in [3.8, 4) is 0 Å². The summed E-state index contributed by atoms with van der Waals surface area (Å²) in [6, 6.07) is 8.01. The van der Waals surface area contributed by atoms with Gasteiger partial charge in [-0.1, -0.05) is 12.1 Å². The predicted molar refractivity (Wildman–Crippen MR) is 107 cm³/mol. The summed E-state index contributed by atoms with van der Waals surface area (Å²) < 4.78 is 15.7. The summed E-state index contributed by atoms with van der Waals surface area (Å²) in [6.45, 7) is 1.87. The molecule has 2 fully saturated rings. The lowest BCUT2D eigenvalue weighted by Gasteiger charge is -2.30. The lowest BCUT2D eigenvalue weighted by atomic mass is 9.76. The molecule has 0 N–H and O–H groups in total. The van der Waals surface area contributed by atoms with Crippen LogP contribution < -0.4 is 0 Å². The molecule has 0 unspecified atom stereocenters. The SMILES string of the molecule is Cc1cc(C2CCC(Cc3c(C4CC4)ccn4cncc34)CC2)ccc1F. The normalized spacial score (nSPS) is 23.0. The molecule has 3 aromatic rings. The molecule has 140 valence electrons. The Hall–Kier alpha value is -2.16. The van der Waals surface area contributed by atoms with E-state index in [4.69, 9.17) is 0 Å². The fourth-order valence-electron chi connectivity index (χ4n) is 4.98. The number of benzene rings is 1. The molecule has 0 radical (unpaired) electrons. The van der Waals surface area contributed by atoms with Crippen LogP contribution in [0.4, 0.5) is 4.39 Å². The van der Waals surface area contributed by atoms with Crippen molar-refractivity contribution < 1.29 is 4.39 Å². The molecule has 2 saturated carbocycles. The highest BCUT2D eigenvalue weighted by Crippen LogP contribution is 2.44. The van der Waals surface area contributed by atoms with E-state index in [9.17, 15) is 4.39 Å². The average molecular weight is 362 g/mol. The van der Waals surface area contributed by atoms with E-state index in [2.05, 4.69) is 27.7 Å². The predicted octanol–water partition coefficient (Wildman–Crippen LogP) is 6.18. The molecule has 2 aromatic heterocycles. The van der Waals surface area contributed by atoms with E-state index in [1.807, 2.05) is 25.5 Å². The highest BCUT2D eigenvalue weighted by atomic mass is 19.1. The number of rotatable bonds is 4. The average Bonchev–Trinajstić information content (AvgIpc) is 3.41. The molecule has 2 nitrogen and oxygen atoms in total. The standard InChI is InChI=1S/C24H27FN2/c1-16-12-20(8-9-23(16)25)18-4-2-17(3-5-18)13-22-21(19-6-7-19)10-11-27-15-26-14-24(22)27/h8-12,14-15,17-19H,2-7,13H2,1H3. The maximum absolute atomic E-state index is 13.6. The van der Waals surface area contributed by atoms with Gasteiger partial charge in [0.1, 0.15) is 5.82 Å². The molecule has 0 saturated heterocycles. The van der Waals surface area contributed by atoms with Crippen LogP contribution in [0.2, 0.25) is 0 Å². The van der Waals surface area contributed by atoms with Crippen molar-refractivity contribution in [3.63, 3.8) is 0 Å². The summed E-state index contributed by atoms with van der Waals surface area (Å²) in [5.41, 5.74) is 6.51. The molecule has 2 aliphatic rings. The Labute approximate surface area is 160 Å². The number of hydrogen-bond donors (Lipinski definition) is 0. The van der Waals surface area contributed by atoms with Crippen molar-refractivity contribution in [2.45, 2.75) is 63.7 Å². The second kappa shape index (κ2) is 6.78. The van der Waals surface area contributed by atoms with Crippen LogP contribution >= 0.6 is 0 Å². The van der Waals surface area contributed by atoms with Crippen molar-refractivity contribution in [1.82, 2.24) is 9.38 Å². The Balaban J connectivity index is 1.32. The van der Waals surface area contributed by atoms with E-state index >= 15 is 0 Å². The van der Waals surface area contributed by atoms with Gasteiger partial charge in [-0.3, -0.25) is 0 Å². The van der Waals surface area contributed by atoms with Gasteiger partial charge in [0.25, 0.3) is 0 Å². The van der Waals surface area contributed by atoms with Crippen LogP contribution in [0.15, 0.2) is 43.0 Å². The molecule has 0 bridgehead atoms. The van der Waals surface area contributed by atoms with Crippen LogP contribution in [-0.4, -0.2) is 9.38 Å². The molecule has 2 heterocycles. The van der Waals surface area contributed by atoms with E-state index in [0.717, 1.165) is 17.4 Å². The first-order valence-electron chi connectivity index (χ1n) is 10.4. The minimum atomic E-state index is -0.0889. The monoisotopic (exact) mass is 362 g/mol. The summed E-state index contributed by atoms with van der Waals surface area (Å²) in [5, 5.41) is 0. The first-order valence-corrected chi connectivity index (χ1v) is 10.4. The van der Waals surface area contributed by atoms with Gasteiger partial charge >= 0.3 is 0 Å². The first kappa shape index (κ1) is 17.0. The van der Waals surface area contributed by atoms with Crippen LogP contribution in [0.1, 0.15) is 72.6 Å². The van der Waals surface area contributed by atoms with Crippen molar-refractivity contribution in [1.29, 1.82) is 0 Å². The van der Waals surface area contributed by atoms with E-state index in [1.54, 1.807) is 17.2 Å². The Morgan fingerprint density at radius 2 is 1.81 bits per heavy atom. The van der Waals surface area contributed by atoms with Gasteiger partial charge in [-0.15, -0.1) is 0 Å². The maximum Gasteiger partial charge on any atom is 0.126 e. The second-order valence-electron chi connectivity index (χ2n) is 8.64. The zero-order valence-electron chi connectivity index (χ0n) is 16.0. The molecule has 0 aliphatic heterocycles. The molecule has 0 atom stereocenters. The number of pyridine rings is 1. The summed E-state index contributed by atoms with van der Waals surface area (Å²) in [4.78, 5) is 4.38. The highest BCUT2D eigenvalue weighted by molar-refractivity contribution is 5.58. The number of imidazole rings is 1. The molecule has 0 spiro atoms. The first-order chi connectivity index (χ1) is 13.2. The van der Waals surface area contributed by atoms with Crippen LogP contribution in [0.25, 0.3) is 5.52 Å². The largest absolute Gasteiger partial charge is 0.306 e. The molecule has 1 aromatic carbocycles. The third-order valence-corrected chi connectivity index (χ3v) is 6.75. The molecular weight excluding hydrogens is 335 g/mol. The lowest BCUT2D eigenvalue weighted by molar-refractivity contribution is 0.324. The van der Waals surface area contributed by atoms with Gasteiger partial charge in [0.15, 0.2) is 0 Å². The van der Waals surface area contributed by atoms with Crippen molar-refractivity contribution in [2.24, 2.45) is 5.92 Å². The van der Waals surface area contributed by atoms with E-state index in [1.165, 1.54) is 56.0 Å². The Kier molecular flexibility index (Phi) is 4.26. The quantitative estimate of drug-likeness (QED) is 0.542. The number of fused-ring (bicyclic) bond motifs is 1. The fraction of sp³-hybridized carbons (Fsp3) is 0.458. The number of hydrogen-bond acceptors (Lipinski definition) is 1. The smallest absolute Gasteiger partial charge is 0.126 e. The molecular formula is C24H27FN2. The zero-order chi connectivity index (χ0) is 18.4. The molecule has 3 heteroatoms. The Morgan fingerprint density at radius 3 is 2.56 bits per heavy atom. The summed E-state index contributed by atoms with van der Waals surface area (Å²) in [7, 11) is 0. The van der Waals surface area contributed by atoms with Gasteiger partial charge in [-0.25, -0.2) is 9.37 Å². The third kappa shape index (κ3) is 3.28. The molecule has 27 heavy (non-hydrogen) atoms. The van der Waals surface area contributed by atoms with Gasteiger partial charge in [0, 0.05) is 6.20 Å². The number of halogens is 1. The minimum Gasteiger partial charge on any atom is -0.306 e. The van der Waals surface area contributed by atoms with Crippen molar-refractivity contribution in [2.75, 3.05) is 0 Å². The lowest BCUT2D eigenvalue weighted by Crippen LogP contribution is -2.16. The molecule has 2 aliphatic carbocycles. The number of nitrogens with zero attached hydrogens (tertiary/aromatic N) is 2. The third-order valence-electron chi connectivity index (χ3n) is 6.75. The summed E-state index contributed by atoms with van der Waals surface area (Å²) in [6.07, 6.45) is 15.0. The van der Waals surface area contributed by atoms with E-state index in [-0.39, 0.29) is 5.82 Å². The van der Waals surface area contributed by atoms with E-state index < -0.39 is 0 Å². The fourth-order valence-corrected chi connectivity index (χ4v) is 4.98. The van der Waals surface area contributed by atoms with Gasteiger partial charge in [0.2, 0.25) is 0 Å². The zero-order valence-corrected chi connectivity index (χ0v) is 16.0. The van der Waals surface area contributed by atoms with Gasteiger partial charge in [0.05, 0.1) is 18.0 Å².